The molecule has 2 aromatic heterocycles. The van der Waals surface area contributed by atoms with Gasteiger partial charge < -0.3 is 4.52 Å². The van der Waals surface area contributed by atoms with Gasteiger partial charge in [0.1, 0.15) is 18.7 Å². The Morgan fingerprint density at radius 2 is 2.05 bits per heavy atom. The van der Waals surface area contributed by atoms with Gasteiger partial charge in [-0.2, -0.15) is 10.1 Å². The van der Waals surface area contributed by atoms with Crippen molar-refractivity contribution in [2.45, 2.75) is 20.4 Å². The second kappa shape index (κ2) is 4.64. The van der Waals surface area contributed by atoms with E-state index in [1.807, 2.05) is 38.1 Å². The molecule has 0 radical (unpaired) electrons. The molecule has 3 rings (SSSR count). The maximum absolute atomic E-state index is 5.25. The molecule has 2 heterocycles. The zero-order valence-electron chi connectivity index (χ0n) is 10.7. The van der Waals surface area contributed by atoms with Gasteiger partial charge in [0.05, 0.1) is 0 Å². The first-order valence-electron chi connectivity index (χ1n) is 5.97. The van der Waals surface area contributed by atoms with Gasteiger partial charge in [0, 0.05) is 5.56 Å². The zero-order valence-corrected chi connectivity index (χ0v) is 10.7. The summed E-state index contributed by atoms with van der Waals surface area (Å²) in [5.74, 6) is 1.94. The molecule has 0 spiro atoms. The number of hydrogen-bond donors (Lipinski definition) is 0. The molecular weight excluding hydrogens is 242 g/mol. The number of rotatable bonds is 3. The van der Waals surface area contributed by atoms with Crippen molar-refractivity contribution >= 4 is 0 Å². The third kappa shape index (κ3) is 2.24. The number of benzene rings is 1. The molecule has 0 aliphatic carbocycles. The normalized spacial score (nSPS) is 10.8. The molecule has 0 saturated heterocycles. The van der Waals surface area contributed by atoms with Crippen molar-refractivity contribution in [3.8, 4) is 11.4 Å². The van der Waals surface area contributed by atoms with Gasteiger partial charge in [0.2, 0.25) is 11.7 Å². The first-order valence-corrected chi connectivity index (χ1v) is 5.97. The maximum Gasteiger partial charge on any atom is 0.248 e. The van der Waals surface area contributed by atoms with Gasteiger partial charge in [-0.05, 0) is 19.4 Å². The van der Waals surface area contributed by atoms with Crippen molar-refractivity contribution in [3.63, 3.8) is 0 Å². The smallest absolute Gasteiger partial charge is 0.248 e. The molecule has 6 heteroatoms. The lowest BCUT2D eigenvalue weighted by Crippen LogP contribution is -2.04. The largest absolute Gasteiger partial charge is 0.337 e. The van der Waals surface area contributed by atoms with Crippen LogP contribution in [-0.2, 0) is 6.54 Å². The van der Waals surface area contributed by atoms with Gasteiger partial charge in [-0.1, -0.05) is 29.4 Å². The van der Waals surface area contributed by atoms with E-state index in [0.29, 0.717) is 18.3 Å². The first kappa shape index (κ1) is 11.6. The van der Waals surface area contributed by atoms with Crippen molar-refractivity contribution in [1.82, 2.24) is 24.9 Å². The van der Waals surface area contributed by atoms with Crippen LogP contribution >= 0.6 is 0 Å². The summed E-state index contributed by atoms with van der Waals surface area (Å²) >= 11 is 0. The number of aryl methyl sites for hydroxylation is 2. The van der Waals surface area contributed by atoms with Crippen LogP contribution in [0.1, 0.15) is 17.3 Å². The fourth-order valence-electron chi connectivity index (χ4n) is 1.86. The van der Waals surface area contributed by atoms with Gasteiger partial charge >= 0.3 is 0 Å². The summed E-state index contributed by atoms with van der Waals surface area (Å²) in [6.45, 7) is 4.34. The highest BCUT2D eigenvalue weighted by Gasteiger charge is 2.11. The van der Waals surface area contributed by atoms with Gasteiger partial charge in [-0.3, -0.25) is 0 Å². The van der Waals surface area contributed by atoms with Crippen LogP contribution in [0.3, 0.4) is 0 Å². The topological polar surface area (TPSA) is 69.6 Å². The zero-order chi connectivity index (χ0) is 13.2. The third-order valence-corrected chi connectivity index (χ3v) is 2.95. The minimum atomic E-state index is 0.435. The quantitative estimate of drug-likeness (QED) is 0.715. The minimum Gasteiger partial charge on any atom is -0.337 e. The molecule has 0 fully saturated rings. The molecule has 0 atom stereocenters. The molecular formula is C13H13N5O. The molecule has 0 bridgehead atoms. The van der Waals surface area contributed by atoms with E-state index in [-0.39, 0.29) is 0 Å². The summed E-state index contributed by atoms with van der Waals surface area (Å²) in [6, 6.07) is 7.94. The minimum absolute atomic E-state index is 0.435. The van der Waals surface area contributed by atoms with Crippen LogP contribution in [0.4, 0.5) is 0 Å². The fourth-order valence-corrected chi connectivity index (χ4v) is 1.86. The summed E-state index contributed by atoms with van der Waals surface area (Å²) in [5, 5.41) is 8.10. The average molecular weight is 255 g/mol. The molecule has 6 nitrogen and oxygen atoms in total. The molecule has 96 valence electrons. The molecule has 0 unspecified atom stereocenters. The van der Waals surface area contributed by atoms with E-state index in [0.717, 1.165) is 17.0 Å². The van der Waals surface area contributed by atoms with Crippen LogP contribution in [-0.4, -0.2) is 24.9 Å². The SMILES string of the molecule is Cc1ccccc1-c1noc(Cn2ncnc2C)n1. The lowest BCUT2D eigenvalue weighted by Gasteiger charge is -1.98. The van der Waals surface area contributed by atoms with Crippen molar-refractivity contribution in [3.05, 3.63) is 47.9 Å². The second-order valence-corrected chi connectivity index (χ2v) is 4.29. The molecule has 0 N–H and O–H groups in total. The second-order valence-electron chi connectivity index (χ2n) is 4.29. The van der Waals surface area contributed by atoms with E-state index in [1.54, 1.807) is 4.68 Å². The van der Waals surface area contributed by atoms with Crippen LogP contribution in [0.2, 0.25) is 0 Å². The molecule has 3 aromatic rings. The van der Waals surface area contributed by atoms with E-state index in [1.165, 1.54) is 6.33 Å². The lowest BCUT2D eigenvalue weighted by atomic mass is 10.1. The highest BCUT2D eigenvalue weighted by atomic mass is 16.5. The van der Waals surface area contributed by atoms with Crippen LogP contribution < -0.4 is 0 Å². The summed E-state index contributed by atoms with van der Waals surface area (Å²) in [7, 11) is 0. The standard InChI is InChI=1S/C13H13N5O/c1-9-5-3-4-6-11(9)13-16-12(19-17-13)7-18-10(2)14-8-15-18/h3-6,8H,7H2,1-2H3. The molecule has 0 saturated carbocycles. The Kier molecular flexibility index (Phi) is 2.83. The van der Waals surface area contributed by atoms with Crippen molar-refractivity contribution in [2.24, 2.45) is 0 Å². The Balaban J connectivity index is 1.88. The van der Waals surface area contributed by atoms with Crippen LogP contribution in [0.25, 0.3) is 11.4 Å². The van der Waals surface area contributed by atoms with Crippen LogP contribution in [0, 0.1) is 13.8 Å². The van der Waals surface area contributed by atoms with Crippen LogP contribution in [0.5, 0.6) is 0 Å². The van der Waals surface area contributed by atoms with Gasteiger partial charge in [-0.25, -0.2) is 9.67 Å². The molecule has 1 aromatic carbocycles. The Morgan fingerprint density at radius 1 is 1.21 bits per heavy atom. The summed E-state index contributed by atoms with van der Waals surface area (Å²) < 4.78 is 6.97. The Labute approximate surface area is 110 Å². The van der Waals surface area contributed by atoms with Gasteiger partial charge in [0.25, 0.3) is 0 Å². The maximum atomic E-state index is 5.25. The number of aromatic nitrogens is 5. The van der Waals surface area contributed by atoms with E-state index in [4.69, 9.17) is 4.52 Å². The van der Waals surface area contributed by atoms with E-state index in [2.05, 4.69) is 20.2 Å². The lowest BCUT2D eigenvalue weighted by molar-refractivity contribution is 0.364. The molecule has 0 aliphatic rings. The fraction of sp³-hybridized carbons (Fsp3) is 0.231. The highest BCUT2D eigenvalue weighted by molar-refractivity contribution is 5.58. The molecule has 19 heavy (non-hydrogen) atoms. The van der Waals surface area contributed by atoms with E-state index in [9.17, 15) is 0 Å². The molecule has 0 amide bonds. The third-order valence-electron chi connectivity index (χ3n) is 2.95. The first-order chi connectivity index (χ1) is 9.24. The Bertz CT molecular complexity index is 700. The highest BCUT2D eigenvalue weighted by Crippen LogP contribution is 2.19. The van der Waals surface area contributed by atoms with Crippen molar-refractivity contribution in [2.75, 3.05) is 0 Å². The van der Waals surface area contributed by atoms with Gasteiger partial charge in [0.15, 0.2) is 0 Å². The van der Waals surface area contributed by atoms with Gasteiger partial charge in [-0.15, -0.1) is 0 Å². The molecule has 0 aliphatic heterocycles. The number of nitrogens with zero attached hydrogens (tertiary/aromatic N) is 5. The average Bonchev–Trinajstić information content (AvgIpc) is 3.01. The van der Waals surface area contributed by atoms with Crippen molar-refractivity contribution < 1.29 is 4.52 Å². The predicted molar refractivity (Wildman–Crippen MR) is 68.3 cm³/mol. The summed E-state index contributed by atoms with van der Waals surface area (Å²) in [4.78, 5) is 8.44. The summed E-state index contributed by atoms with van der Waals surface area (Å²) in [5.41, 5.74) is 2.10. The number of hydrogen-bond acceptors (Lipinski definition) is 5. The van der Waals surface area contributed by atoms with Crippen molar-refractivity contribution in [1.29, 1.82) is 0 Å². The predicted octanol–water partition coefficient (Wildman–Crippen LogP) is 1.99. The monoisotopic (exact) mass is 255 g/mol. The van der Waals surface area contributed by atoms with Crippen LogP contribution in [0.15, 0.2) is 35.1 Å². The Morgan fingerprint density at radius 3 is 2.79 bits per heavy atom. The van der Waals surface area contributed by atoms with E-state index < -0.39 is 0 Å². The summed E-state index contributed by atoms with van der Waals surface area (Å²) in [6.07, 6.45) is 1.51. The Hall–Kier alpha value is -2.50. The van der Waals surface area contributed by atoms with E-state index >= 15 is 0 Å².